The molecule has 13 heavy (non-hydrogen) atoms. The van der Waals surface area contributed by atoms with E-state index in [9.17, 15) is 0 Å². The highest BCUT2D eigenvalue weighted by molar-refractivity contribution is 5.66. The summed E-state index contributed by atoms with van der Waals surface area (Å²) in [4.78, 5) is 4.21. The summed E-state index contributed by atoms with van der Waals surface area (Å²) in [6, 6.07) is 0.398. The third-order valence-electron chi connectivity index (χ3n) is 2.62. The van der Waals surface area contributed by atoms with Gasteiger partial charge in [-0.3, -0.25) is 4.99 Å². The van der Waals surface area contributed by atoms with Crippen molar-refractivity contribution in [3.63, 3.8) is 0 Å². The van der Waals surface area contributed by atoms with Gasteiger partial charge in [0, 0.05) is 18.1 Å². The molecule has 2 heterocycles. The van der Waals surface area contributed by atoms with Crippen molar-refractivity contribution in [1.82, 2.24) is 10.6 Å². The molecule has 2 aliphatic heterocycles. The molecule has 0 aromatic rings. The third-order valence-corrected chi connectivity index (χ3v) is 2.62. The maximum Gasteiger partial charge on any atom is 0.0585 e. The SMILES string of the molecule is CC1C=NC=C(CC2CCNC2)N1. The third kappa shape index (κ3) is 2.31. The maximum absolute atomic E-state index is 4.21. The van der Waals surface area contributed by atoms with Gasteiger partial charge in [0.1, 0.15) is 0 Å². The van der Waals surface area contributed by atoms with E-state index in [-0.39, 0.29) is 0 Å². The lowest BCUT2D eigenvalue weighted by Gasteiger charge is -2.19. The van der Waals surface area contributed by atoms with Crippen LogP contribution in [0.15, 0.2) is 16.9 Å². The predicted molar refractivity (Wildman–Crippen MR) is 54.8 cm³/mol. The number of nitrogens with zero attached hydrogens (tertiary/aromatic N) is 1. The normalized spacial score (nSPS) is 32.8. The van der Waals surface area contributed by atoms with Crippen LogP contribution in [0, 0.1) is 5.92 Å². The van der Waals surface area contributed by atoms with Crippen LogP contribution in [0.25, 0.3) is 0 Å². The van der Waals surface area contributed by atoms with Crippen molar-refractivity contribution in [2.24, 2.45) is 10.9 Å². The van der Waals surface area contributed by atoms with Gasteiger partial charge in [-0.2, -0.15) is 0 Å². The summed E-state index contributed by atoms with van der Waals surface area (Å²) in [5, 5.41) is 6.81. The van der Waals surface area contributed by atoms with Crippen LogP contribution in [-0.2, 0) is 0 Å². The number of aliphatic imine (C=N–C) groups is 1. The van der Waals surface area contributed by atoms with Crippen molar-refractivity contribution < 1.29 is 0 Å². The van der Waals surface area contributed by atoms with Gasteiger partial charge in [0.2, 0.25) is 0 Å². The minimum atomic E-state index is 0.398. The van der Waals surface area contributed by atoms with Crippen LogP contribution in [0.3, 0.4) is 0 Å². The number of hydrogen-bond acceptors (Lipinski definition) is 3. The molecule has 72 valence electrons. The molecule has 3 heteroatoms. The van der Waals surface area contributed by atoms with E-state index >= 15 is 0 Å². The molecule has 2 atom stereocenters. The first-order valence-electron chi connectivity index (χ1n) is 5.04. The van der Waals surface area contributed by atoms with Gasteiger partial charge in [-0.1, -0.05) is 0 Å². The molecule has 2 rings (SSSR count). The summed E-state index contributed by atoms with van der Waals surface area (Å²) in [6.45, 7) is 4.47. The van der Waals surface area contributed by atoms with Crippen molar-refractivity contribution in [2.75, 3.05) is 13.1 Å². The first-order valence-corrected chi connectivity index (χ1v) is 5.04. The molecule has 0 aliphatic carbocycles. The second-order valence-electron chi connectivity index (χ2n) is 3.95. The molecular formula is C10H17N3. The summed E-state index contributed by atoms with van der Waals surface area (Å²) >= 11 is 0. The van der Waals surface area contributed by atoms with Crippen molar-refractivity contribution in [2.45, 2.75) is 25.8 Å². The molecule has 0 spiro atoms. The van der Waals surface area contributed by atoms with E-state index in [2.05, 4.69) is 22.5 Å². The van der Waals surface area contributed by atoms with Gasteiger partial charge in [0.05, 0.1) is 6.04 Å². The van der Waals surface area contributed by atoms with Crippen LogP contribution in [0.2, 0.25) is 0 Å². The predicted octanol–water partition coefficient (Wildman–Crippen LogP) is 0.890. The first-order chi connectivity index (χ1) is 6.34. The molecule has 0 bridgehead atoms. The minimum Gasteiger partial charge on any atom is -0.380 e. The topological polar surface area (TPSA) is 36.4 Å². The van der Waals surface area contributed by atoms with Crippen LogP contribution in [0.5, 0.6) is 0 Å². The molecule has 3 nitrogen and oxygen atoms in total. The molecule has 1 saturated heterocycles. The van der Waals surface area contributed by atoms with Gasteiger partial charge in [-0.25, -0.2) is 0 Å². The summed E-state index contributed by atoms with van der Waals surface area (Å²) in [7, 11) is 0. The van der Waals surface area contributed by atoms with Crippen molar-refractivity contribution in [1.29, 1.82) is 0 Å². The number of rotatable bonds is 2. The van der Waals surface area contributed by atoms with Crippen molar-refractivity contribution in [3.05, 3.63) is 11.9 Å². The quantitative estimate of drug-likeness (QED) is 0.660. The Bertz CT molecular complexity index is 226. The Morgan fingerprint density at radius 3 is 3.23 bits per heavy atom. The summed E-state index contributed by atoms with van der Waals surface area (Å²) in [5.74, 6) is 0.805. The Balaban J connectivity index is 1.86. The molecule has 0 aromatic heterocycles. The van der Waals surface area contributed by atoms with Gasteiger partial charge >= 0.3 is 0 Å². The molecule has 0 saturated carbocycles. The highest BCUT2D eigenvalue weighted by atomic mass is 15.0. The van der Waals surface area contributed by atoms with E-state index in [1.54, 1.807) is 0 Å². The zero-order valence-corrected chi connectivity index (χ0v) is 8.09. The second kappa shape index (κ2) is 3.92. The summed E-state index contributed by atoms with van der Waals surface area (Å²) in [5.41, 5.74) is 1.30. The van der Waals surface area contributed by atoms with Crippen LogP contribution < -0.4 is 10.6 Å². The average molecular weight is 179 g/mol. The number of nitrogens with one attached hydrogen (secondary N) is 2. The maximum atomic E-state index is 4.21. The van der Waals surface area contributed by atoms with Gasteiger partial charge < -0.3 is 10.6 Å². The van der Waals surface area contributed by atoms with Crippen molar-refractivity contribution in [3.8, 4) is 0 Å². The Kier molecular flexibility index (Phi) is 2.64. The molecular weight excluding hydrogens is 162 g/mol. The van der Waals surface area contributed by atoms with E-state index < -0.39 is 0 Å². The number of allylic oxidation sites excluding steroid dienone is 1. The van der Waals surface area contributed by atoms with E-state index in [1.807, 2.05) is 12.4 Å². The average Bonchev–Trinajstić information content (AvgIpc) is 2.57. The Morgan fingerprint density at radius 1 is 1.62 bits per heavy atom. The largest absolute Gasteiger partial charge is 0.380 e. The molecule has 0 aromatic carbocycles. The molecule has 2 aliphatic rings. The van der Waals surface area contributed by atoms with Crippen LogP contribution in [0.1, 0.15) is 19.8 Å². The van der Waals surface area contributed by atoms with Crippen molar-refractivity contribution >= 4 is 6.21 Å². The Labute approximate surface area is 79.3 Å². The first kappa shape index (κ1) is 8.75. The van der Waals surface area contributed by atoms with Crippen LogP contribution in [-0.4, -0.2) is 25.3 Å². The lowest BCUT2D eigenvalue weighted by Crippen LogP contribution is -2.30. The molecule has 1 fully saturated rings. The Morgan fingerprint density at radius 2 is 2.54 bits per heavy atom. The van der Waals surface area contributed by atoms with E-state index in [0.717, 1.165) is 18.9 Å². The van der Waals surface area contributed by atoms with Gasteiger partial charge in [-0.05, 0) is 38.8 Å². The standard InChI is InChI=1S/C10H17N3/c1-8-5-12-7-10(13-8)4-9-2-3-11-6-9/h5,7-9,11,13H,2-4,6H2,1H3. The van der Waals surface area contributed by atoms with E-state index in [0.29, 0.717) is 6.04 Å². The summed E-state index contributed by atoms with van der Waals surface area (Å²) < 4.78 is 0. The van der Waals surface area contributed by atoms with Gasteiger partial charge in [0.25, 0.3) is 0 Å². The summed E-state index contributed by atoms with van der Waals surface area (Å²) in [6.07, 6.45) is 6.35. The highest BCUT2D eigenvalue weighted by Gasteiger charge is 2.17. The fourth-order valence-corrected chi connectivity index (χ4v) is 1.94. The molecule has 0 radical (unpaired) electrons. The van der Waals surface area contributed by atoms with E-state index in [1.165, 1.54) is 18.7 Å². The van der Waals surface area contributed by atoms with Gasteiger partial charge in [0.15, 0.2) is 0 Å². The fourth-order valence-electron chi connectivity index (χ4n) is 1.94. The van der Waals surface area contributed by atoms with Gasteiger partial charge in [-0.15, -0.1) is 0 Å². The smallest absolute Gasteiger partial charge is 0.0585 e. The molecule has 2 N–H and O–H groups in total. The lowest BCUT2D eigenvalue weighted by atomic mass is 10.0. The minimum absolute atomic E-state index is 0.398. The highest BCUT2D eigenvalue weighted by Crippen LogP contribution is 2.17. The number of hydrogen-bond donors (Lipinski definition) is 2. The second-order valence-corrected chi connectivity index (χ2v) is 3.95. The van der Waals surface area contributed by atoms with E-state index in [4.69, 9.17) is 0 Å². The zero-order chi connectivity index (χ0) is 9.10. The van der Waals surface area contributed by atoms with Crippen LogP contribution in [0.4, 0.5) is 0 Å². The Hall–Kier alpha value is -0.830. The molecule has 0 amide bonds. The molecule has 2 unspecified atom stereocenters. The zero-order valence-electron chi connectivity index (χ0n) is 8.09. The monoisotopic (exact) mass is 179 g/mol. The van der Waals surface area contributed by atoms with Crippen LogP contribution >= 0.6 is 0 Å². The fraction of sp³-hybridized carbons (Fsp3) is 0.700. The lowest BCUT2D eigenvalue weighted by molar-refractivity contribution is 0.543.